The zero-order valence-corrected chi connectivity index (χ0v) is 15.9. The van der Waals surface area contributed by atoms with Gasteiger partial charge in [0.05, 0.1) is 13.2 Å². The molecule has 3 heteroatoms. The van der Waals surface area contributed by atoms with E-state index in [1.54, 1.807) is 7.11 Å². The van der Waals surface area contributed by atoms with Gasteiger partial charge >= 0.3 is 0 Å². The highest BCUT2D eigenvalue weighted by molar-refractivity contribution is 5.33. The molecule has 27 heavy (non-hydrogen) atoms. The lowest BCUT2D eigenvalue weighted by Crippen LogP contribution is -2.12. The first kappa shape index (κ1) is 21.3. The molecule has 1 saturated carbocycles. The molecule has 0 amide bonds. The number of aryl methyl sites for hydroxylation is 1. The Bertz CT molecular complexity index is 680. The molecule has 0 heterocycles. The molecule has 3 atom stereocenters. The highest BCUT2D eigenvalue weighted by Crippen LogP contribution is 2.38. The number of methoxy groups -OCH3 is 1. The molecule has 1 aliphatic rings. The molecule has 0 aromatic heterocycles. The van der Waals surface area contributed by atoms with Gasteiger partial charge in [-0.15, -0.1) is 0 Å². The number of benzene rings is 2. The van der Waals surface area contributed by atoms with Crippen LogP contribution in [-0.2, 0) is 6.42 Å². The second kappa shape index (κ2) is 10.4. The van der Waals surface area contributed by atoms with Crippen LogP contribution in [-0.4, -0.2) is 24.9 Å². The highest BCUT2D eigenvalue weighted by Gasteiger charge is 2.25. The summed E-state index contributed by atoms with van der Waals surface area (Å²) in [5.74, 6) is 2.79. The lowest BCUT2D eigenvalue weighted by atomic mass is 9.94. The molecule has 1 N–H and O–H groups in total. The summed E-state index contributed by atoms with van der Waals surface area (Å²) < 4.78 is 11.2. The smallest absolute Gasteiger partial charge is 0.123 e. The summed E-state index contributed by atoms with van der Waals surface area (Å²) >= 11 is 0. The van der Waals surface area contributed by atoms with Crippen molar-refractivity contribution >= 4 is 0 Å². The molecule has 3 nitrogen and oxygen atoms in total. The van der Waals surface area contributed by atoms with E-state index in [0.29, 0.717) is 18.4 Å². The highest BCUT2D eigenvalue weighted by atomic mass is 16.5. The summed E-state index contributed by atoms with van der Waals surface area (Å²) in [6.45, 7) is 2.45. The molecule has 0 bridgehead atoms. The fourth-order valence-electron chi connectivity index (χ4n) is 3.84. The van der Waals surface area contributed by atoms with Gasteiger partial charge in [-0.3, -0.25) is 0 Å². The Morgan fingerprint density at radius 2 is 1.81 bits per heavy atom. The van der Waals surface area contributed by atoms with Crippen LogP contribution in [0.2, 0.25) is 0 Å². The van der Waals surface area contributed by atoms with Crippen LogP contribution >= 0.6 is 0 Å². The molecule has 0 aliphatic heterocycles. The molecule has 0 radical (unpaired) electrons. The molecule has 3 rings (SSSR count). The minimum absolute atomic E-state index is 0. The van der Waals surface area contributed by atoms with E-state index >= 15 is 0 Å². The average molecular weight is 371 g/mol. The van der Waals surface area contributed by atoms with E-state index in [1.165, 1.54) is 17.5 Å². The second-order valence-corrected chi connectivity index (χ2v) is 7.45. The van der Waals surface area contributed by atoms with Crippen LogP contribution in [0.3, 0.4) is 0 Å². The summed E-state index contributed by atoms with van der Waals surface area (Å²) in [6.07, 6.45) is 5.63. The monoisotopic (exact) mass is 370 g/mol. The molecule has 3 unspecified atom stereocenters. The van der Waals surface area contributed by atoms with Crippen LogP contribution in [0.15, 0.2) is 48.5 Å². The maximum Gasteiger partial charge on any atom is 0.123 e. The van der Waals surface area contributed by atoms with Crippen LogP contribution < -0.4 is 9.47 Å². The standard InChI is InChI=1S/C23H30O3.CH4/c1-17(26-23-5-3-4-22(15-23)25-2)6-7-18-8-11-20(12-9-18)21-13-10-19(14-21)16-24;/h3-5,8-9,11-12,15,17,19,21,24H,6-7,10,13-14,16H2,1-2H3;1H4. The molecule has 2 aromatic rings. The van der Waals surface area contributed by atoms with Gasteiger partial charge in [0.15, 0.2) is 0 Å². The summed E-state index contributed by atoms with van der Waals surface area (Å²) in [7, 11) is 1.67. The fourth-order valence-corrected chi connectivity index (χ4v) is 3.84. The first-order valence-corrected chi connectivity index (χ1v) is 9.68. The zero-order chi connectivity index (χ0) is 18.4. The lowest BCUT2D eigenvalue weighted by molar-refractivity contribution is 0.210. The first-order valence-electron chi connectivity index (χ1n) is 9.68. The molecule has 1 fully saturated rings. The Labute approximate surface area is 164 Å². The molecule has 148 valence electrons. The molecule has 1 aliphatic carbocycles. The van der Waals surface area contributed by atoms with Crippen LogP contribution in [0, 0.1) is 5.92 Å². The molecule has 2 aromatic carbocycles. The van der Waals surface area contributed by atoms with Gasteiger partial charge in [0.2, 0.25) is 0 Å². The van der Waals surface area contributed by atoms with Gasteiger partial charge < -0.3 is 14.6 Å². The number of rotatable bonds is 8. The van der Waals surface area contributed by atoms with Gasteiger partial charge in [-0.05, 0) is 74.1 Å². The number of hydrogen-bond donors (Lipinski definition) is 1. The molecular weight excluding hydrogens is 336 g/mol. The Balaban J connectivity index is 0.00000261. The van der Waals surface area contributed by atoms with Crippen molar-refractivity contribution in [2.45, 2.75) is 58.5 Å². The average Bonchev–Trinajstić information content (AvgIpc) is 3.16. The van der Waals surface area contributed by atoms with Crippen molar-refractivity contribution in [2.75, 3.05) is 13.7 Å². The topological polar surface area (TPSA) is 38.7 Å². The van der Waals surface area contributed by atoms with Gasteiger partial charge in [0.25, 0.3) is 0 Å². The lowest BCUT2D eigenvalue weighted by Gasteiger charge is -2.16. The van der Waals surface area contributed by atoms with Gasteiger partial charge in [-0.1, -0.05) is 37.8 Å². The van der Waals surface area contributed by atoms with E-state index in [-0.39, 0.29) is 13.5 Å². The summed E-state index contributed by atoms with van der Waals surface area (Å²) in [6, 6.07) is 16.8. The van der Waals surface area contributed by atoms with Crippen LogP contribution in [0.1, 0.15) is 57.1 Å². The summed E-state index contributed by atoms with van der Waals surface area (Å²) in [4.78, 5) is 0. The number of ether oxygens (including phenoxy) is 2. The van der Waals surface area contributed by atoms with E-state index in [2.05, 4.69) is 31.2 Å². The molecule has 0 saturated heterocycles. The third-order valence-corrected chi connectivity index (χ3v) is 5.47. The van der Waals surface area contributed by atoms with E-state index in [4.69, 9.17) is 9.47 Å². The first-order chi connectivity index (χ1) is 12.7. The molecule has 0 spiro atoms. The minimum Gasteiger partial charge on any atom is -0.497 e. The van der Waals surface area contributed by atoms with Gasteiger partial charge in [0.1, 0.15) is 11.5 Å². The Morgan fingerprint density at radius 3 is 2.48 bits per heavy atom. The van der Waals surface area contributed by atoms with E-state index in [1.807, 2.05) is 24.3 Å². The van der Waals surface area contributed by atoms with Crippen molar-refractivity contribution in [1.82, 2.24) is 0 Å². The maximum absolute atomic E-state index is 9.31. The third kappa shape index (κ3) is 6.00. The minimum atomic E-state index is 0. The Morgan fingerprint density at radius 1 is 1.07 bits per heavy atom. The Kier molecular flexibility index (Phi) is 8.18. The summed E-state index contributed by atoms with van der Waals surface area (Å²) in [5, 5.41) is 9.31. The van der Waals surface area contributed by atoms with Crippen molar-refractivity contribution in [1.29, 1.82) is 0 Å². The van der Waals surface area contributed by atoms with Gasteiger partial charge in [0, 0.05) is 12.7 Å². The number of aliphatic hydroxyl groups is 1. The predicted molar refractivity (Wildman–Crippen MR) is 112 cm³/mol. The Hall–Kier alpha value is -2.00. The van der Waals surface area contributed by atoms with E-state index in [0.717, 1.165) is 37.2 Å². The van der Waals surface area contributed by atoms with Crippen molar-refractivity contribution in [3.63, 3.8) is 0 Å². The normalized spacial score (nSPS) is 20.0. The summed E-state index contributed by atoms with van der Waals surface area (Å²) in [5.41, 5.74) is 2.77. The fraction of sp³-hybridized carbons (Fsp3) is 0.500. The van der Waals surface area contributed by atoms with Crippen LogP contribution in [0.25, 0.3) is 0 Å². The maximum atomic E-state index is 9.31. The van der Waals surface area contributed by atoms with Crippen molar-refractivity contribution in [3.8, 4) is 11.5 Å². The van der Waals surface area contributed by atoms with Crippen molar-refractivity contribution in [2.24, 2.45) is 5.92 Å². The largest absolute Gasteiger partial charge is 0.497 e. The predicted octanol–water partition coefficient (Wildman–Crippen LogP) is 5.61. The van der Waals surface area contributed by atoms with Crippen molar-refractivity contribution in [3.05, 3.63) is 59.7 Å². The number of aliphatic hydroxyl groups excluding tert-OH is 1. The zero-order valence-electron chi connectivity index (χ0n) is 15.9. The van der Waals surface area contributed by atoms with Gasteiger partial charge in [-0.25, -0.2) is 0 Å². The van der Waals surface area contributed by atoms with E-state index in [9.17, 15) is 5.11 Å². The van der Waals surface area contributed by atoms with Crippen molar-refractivity contribution < 1.29 is 14.6 Å². The third-order valence-electron chi connectivity index (χ3n) is 5.47. The second-order valence-electron chi connectivity index (χ2n) is 7.45. The van der Waals surface area contributed by atoms with Crippen LogP contribution in [0.4, 0.5) is 0 Å². The van der Waals surface area contributed by atoms with E-state index < -0.39 is 0 Å². The number of hydrogen-bond acceptors (Lipinski definition) is 3. The SMILES string of the molecule is C.COc1cccc(OC(C)CCc2ccc(C3CCC(CO)C3)cc2)c1. The quantitative estimate of drug-likeness (QED) is 0.656. The van der Waals surface area contributed by atoms with Crippen LogP contribution in [0.5, 0.6) is 11.5 Å². The molecular formula is C24H34O3. The van der Waals surface area contributed by atoms with Gasteiger partial charge in [-0.2, -0.15) is 0 Å².